The van der Waals surface area contributed by atoms with Crippen LogP contribution in [0.5, 0.6) is 0 Å². The zero-order valence-electron chi connectivity index (χ0n) is 8.38. The highest BCUT2D eigenvalue weighted by atomic mass is 32.1. The van der Waals surface area contributed by atoms with Gasteiger partial charge < -0.3 is 11.1 Å². The molecule has 0 aliphatic heterocycles. The Labute approximate surface area is 96.3 Å². The Morgan fingerprint density at radius 1 is 1.44 bits per heavy atom. The van der Waals surface area contributed by atoms with Crippen molar-refractivity contribution in [3.05, 3.63) is 40.5 Å². The lowest BCUT2D eigenvalue weighted by Gasteiger charge is -2.03. The second-order valence-corrected chi connectivity index (χ2v) is 4.06. The molecule has 5 nitrogen and oxygen atoms in total. The molecule has 0 atom stereocenters. The van der Waals surface area contributed by atoms with Crippen molar-refractivity contribution in [2.45, 2.75) is 6.54 Å². The summed E-state index contributed by atoms with van der Waals surface area (Å²) in [7, 11) is 0. The van der Waals surface area contributed by atoms with Gasteiger partial charge in [-0.25, -0.2) is 9.97 Å². The Bertz CT molecular complexity index is 483. The molecule has 0 unspecified atom stereocenters. The molecule has 2 heterocycles. The van der Waals surface area contributed by atoms with Crippen LogP contribution < -0.4 is 11.1 Å². The Morgan fingerprint density at radius 3 is 3.00 bits per heavy atom. The van der Waals surface area contributed by atoms with E-state index in [1.807, 2.05) is 5.38 Å². The molecule has 0 aromatic carbocycles. The average molecular weight is 234 g/mol. The van der Waals surface area contributed by atoms with Gasteiger partial charge in [-0.1, -0.05) is 0 Å². The Balaban J connectivity index is 1.98. The second kappa shape index (κ2) is 4.71. The van der Waals surface area contributed by atoms with Gasteiger partial charge in [-0.05, 0) is 12.1 Å². The molecule has 0 fully saturated rings. The first-order valence-corrected chi connectivity index (χ1v) is 5.52. The summed E-state index contributed by atoms with van der Waals surface area (Å²) in [4.78, 5) is 19.6. The Hall–Kier alpha value is -1.95. The van der Waals surface area contributed by atoms with Crippen molar-refractivity contribution in [3.8, 4) is 0 Å². The van der Waals surface area contributed by atoms with Crippen molar-refractivity contribution in [1.29, 1.82) is 0 Å². The van der Waals surface area contributed by atoms with Gasteiger partial charge in [0.1, 0.15) is 10.8 Å². The van der Waals surface area contributed by atoms with E-state index in [4.69, 9.17) is 5.73 Å². The summed E-state index contributed by atoms with van der Waals surface area (Å²) >= 11 is 1.50. The van der Waals surface area contributed by atoms with Crippen LogP contribution in [0.25, 0.3) is 0 Å². The number of hydrogen-bond acceptors (Lipinski definition) is 5. The smallest absolute Gasteiger partial charge is 0.251 e. The predicted octanol–water partition coefficient (Wildman–Crippen LogP) is 1.05. The van der Waals surface area contributed by atoms with Gasteiger partial charge in [0.2, 0.25) is 0 Å². The molecule has 2 aromatic heterocycles. The number of amides is 1. The van der Waals surface area contributed by atoms with Crippen LogP contribution in [0.4, 0.5) is 5.82 Å². The fraction of sp³-hybridized carbons (Fsp3) is 0.100. The van der Waals surface area contributed by atoms with Gasteiger partial charge in [-0.3, -0.25) is 4.79 Å². The van der Waals surface area contributed by atoms with Crippen LogP contribution in [0.3, 0.4) is 0 Å². The van der Waals surface area contributed by atoms with E-state index in [0.717, 1.165) is 5.01 Å². The fourth-order valence-corrected chi connectivity index (χ4v) is 1.74. The van der Waals surface area contributed by atoms with Crippen LogP contribution in [-0.2, 0) is 6.54 Å². The van der Waals surface area contributed by atoms with Crippen LogP contribution in [0.1, 0.15) is 15.4 Å². The lowest BCUT2D eigenvalue weighted by Crippen LogP contribution is -2.22. The number of carbonyl (C=O) groups is 1. The summed E-state index contributed by atoms with van der Waals surface area (Å²) in [6, 6.07) is 3.16. The third-order valence-electron chi connectivity index (χ3n) is 1.93. The van der Waals surface area contributed by atoms with E-state index in [9.17, 15) is 4.79 Å². The van der Waals surface area contributed by atoms with Crippen molar-refractivity contribution in [3.63, 3.8) is 0 Å². The highest BCUT2D eigenvalue weighted by Crippen LogP contribution is 2.05. The molecule has 0 aliphatic rings. The van der Waals surface area contributed by atoms with Crippen LogP contribution in [-0.4, -0.2) is 15.9 Å². The summed E-state index contributed by atoms with van der Waals surface area (Å²) in [5.41, 5.74) is 5.99. The summed E-state index contributed by atoms with van der Waals surface area (Å²) < 4.78 is 0. The number of nitrogen functional groups attached to an aromatic ring is 1. The molecule has 0 saturated heterocycles. The summed E-state index contributed by atoms with van der Waals surface area (Å²) in [6.07, 6.45) is 3.21. The van der Waals surface area contributed by atoms with Crippen molar-refractivity contribution in [2.24, 2.45) is 0 Å². The van der Waals surface area contributed by atoms with Crippen molar-refractivity contribution in [2.75, 3.05) is 5.73 Å². The van der Waals surface area contributed by atoms with Crippen molar-refractivity contribution >= 4 is 23.1 Å². The molecule has 0 saturated carbocycles. The minimum atomic E-state index is -0.177. The summed E-state index contributed by atoms with van der Waals surface area (Å²) in [5.74, 6) is 0.159. The number of thiazole rings is 1. The minimum absolute atomic E-state index is 0.177. The largest absolute Gasteiger partial charge is 0.384 e. The van der Waals surface area contributed by atoms with E-state index >= 15 is 0 Å². The first-order chi connectivity index (χ1) is 7.75. The second-order valence-electron chi connectivity index (χ2n) is 3.08. The maximum atomic E-state index is 11.7. The summed E-state index contributed by atoms with van der Waals surface area (Å²) in [6.45, 7) is 0.429. The fourth-order valence-electron chi connectivity index (χ4n) is 1.19. The molecular weight excluding hydrogens is 224 g/mol. The van der Waals surface area contributed by atoms with Gasteiger partial charge in [-0.2, -0.15) is 0 Å². The van der Waals surface area contributed by atoms with E-state index in [2.05, 4.69) is 15.3 Å². The SMILES string of the molecule is Nc1cc(C(=O)NCc2nccs2)ccn1. The number of pyridine rings is 1. The number of rotatable bonds is 3. The van der Waals surface area contributed by atoms with Crippen LogP contribution in [0.15, 0.2) is 29.9 Å². The van der Waals surface area contributed by atoms with Gasteiger partial charge in [0.25, 0.3) is 5.91 Å². The molecule has 6 heteroatoms. The topological polar surface area (TPSA) is 80.9 Å². The van der Waals surface area contributed by atoms with Crippen LogP contribution >= 0.6 is 11.3 Å². The third kappa shape index (κ3) is 2.54. The molecule has 0 spiro atoms. The zero-order chi connectivity index (χ0) is 11.4. The van der Waals surface area contributed by atoms with E-state index < -0.39 is 0 Å². The van der Waals surface area contributed by atoms with E-state index in [1.54, 1.807) is 12.3 Å². The highest BCUT2D eigenvalue weighted by molar-refractivity contribution is 7.09. The van der Waals surface area contributed by atoms with E-state index in [-0.39, 0.29) is 5.91 Å². The monoisotopic (exact) mass is 234 g/mol. The quantitative estimate of drug-likeness (QED) is 0.831. The molecule has 1 amide bonds. The Morgan fingerprint density at radius 2 is 2.31 bits per heavy atom. The van der Waals surface area contributed by atoms with Gasteiger partial charge in [-0.15, -0.1) is 11.3 Å². The molecule has 2 rings (SSSR count). The van der Waals surface area contributed by atoms with Crippen LogP contribution in [0.2, 0.25) is 0 Å². The molecule has 16 heavy (non-hydrogen) atoms. The number of nitrogens with zero attached hydrogens (tertiary/aromatic N) is 2. The average Bonchev–Trinajstić information content (AvgIpc) is 2.78. The number of aromatic nitrogens is 2. The highest BCUT2D eigenvalue weighted by Gasteiger charge is 2.06. The summed E-state index contributed by atoms with van der Waals surface area (Å²) in [5, 5.41) is 5.49. The van der Waals surface area contributed by atoms with Gasteiger partial charge >= 0.3 is 0 Å². The number of carbonyl (C=O) groups excluding carboxylic acids is 1. The molecule has 0 radical (unpaired) electrons. The first kappa shape index (κ1) is 10.6. The van der Waals surface area contributed by atoms with E-state index in [0.29, 0.717) is 17.9 Å². The minimum Gasteiger partial charge on any atom is -0.384 e. The first-order valence-electron chi connectivity index (χ1n) is 4.64. The molecule has 82 valence electrons. The maximum absolute atomic E-state index is 11.7. The van der Waals surface area contributed by atoms with Crippen LogP contribution in [0, 0.1) is 0 Å². The third-order valence-corrected chi connectivity index (χ3v) is 2.71. The van der Waals surface area contributed by atoms with E-state index in [1.165, 1.54) is 23.6 Å². The lowest BCUT2D eigenvalue weighted by molar-refractivity contribution is 0.0951. The Kier molecular flexibility index (Phi) is 3.11. The number of anilines is 1. The molecule has 3 N–H and O–H groups in total. The molecule has 0 aliphatic carbocycles. The normalized spacial score (nSPS) is 10.0. The predicted molar refractivity (Wildman–Crippen MR) is 61.9 cm³/mol. The number of hydrogen-bond donors (Lipinski definition) is 2. The van der Waals surface area contributed by atoms with Gasteiger partial charge in [0.05, 0.1) is 6.54 Å². The number of nitrogens with one attached hydrogen (secondary N) is 1. The zero-order valence-corrected chi connectivity index (χ0v) is 9.20. The maximum Gasteiger partial charge on any atom is 0.251 e. The van der Waals surface area contributed by atoms with Crippen molar-refractivity contribution < 1.29 is 4.79 Å². The number of nitrogens with two attached hydrogens (primary N) is 1. The standard InChI is InChI=1S/C10H10N4OS/c11-8-5-7(1-2-12-8)10(15)14-6-9-13-3-4-16-9/h1-5H,6H2,(H2,11,12)(H,14,15). The molecular formula is C10H10N4OS. The lowest BCUT2D eigenvalue weighted by atomic mass is 10.2. The van der Waals surface area contributed by atoms with Gasteiger partial charge in [0.15, 0.2) is 0 Å². The molecule has 0 bridgehead atoms. The van der Waals surface area contributed by atoms with Crippen molar-refractivity contribution in [1.82, 2.24) is 15.3 Å². The molecule has 2 aromatic rings. The van der Waals surface area contributed by atoms with Gasteiger partial charge in [0, 0.05) is 23.3 Å².